The molecule has 10 heteroatoms. The maximum atomic E-state index is 12.7. The van der Waals surface area contributed by atoms with Crippen LogP contribution in [0.15, 0.2) is 39.2 Å². The maximum absolute atomic E-state index is 12.7. The van der Waals surface area contributed by atoms with Crippen LogP contribution in [0.4, 0.5) is 0 Å². The largest absolute Gasteiger partial charge is 0.307 e. The summed E-state index contributed by atoms with van der Waals surface area (Å²) in [7, 11) is 0. The van der Waals surface area contributed by atoms with Gasteiger partial charge < -0.3 is 4.57 Å². The molecule has 2 aromatic heterocycles. The summed E-state index contributed by atoms with van der Waals surface area (Å²) in [4.78, 5) is 49.2. The fraction of sp³-hybridized carbons (Fsp3) is 0.381. The molecule has 0 spiro atoms. The molecule has 0 aliphatic carbocycles. The SMILES string of the molecule is CCCCCn1nc(C(=O)NNC(=O)CCn2c(C)csc2=O)c2ccccc2c1=O. The Hall–Kier alpha value is -3.27. The number of aryl methyl sites for hydroxylation is 2. The van der Waals surface area contributed by atoms with Crippen LogP contribution >= 0.6 is 11.3 Å². The van der Waals surface area contributed by atoms with Crippen LogP contribution < -0.4 is 21.3 Å². The van der Waals surface area contributed by atoms with E-state index in [0.717, 1.165) is 36.3 Å². The number of hydrogen-bond donors (Lipinski definition) is 2. The Labute approximate surface area is 182 Å². The standard InChI is InChI=1S/C21H25N5O4S/c1-3-4-7-11-26-20(29)16-9-6-5-8-15(16)18(24-26)19(28)23-22-17(27)10-12-25-14(2)13-31-21(25)30/h5-6,8-9,13H,3-4,7,10-12H2,1-2H3,(H,22,27)(H,23,28). The molecule has 9 nitrogen and oxygen atoms in total. The van der Waals surface area contributed by atoms with Gasteiger partial charge in [-0.05, 0) is 19.4 Å². The molecule has 1 aromatic carbocycles. The smallest absolute Gasteiger partial charge is 0.303 e. The average molecular weight is 444 g/mol. The second-order valence-electron chi connectivity index (χ2n) is 7.18. The molecule has 0 aliphatic heterocycles. The highest BCUT2D eigenvalue weighted by Crippen LogP contribution is 2.13. The predicted molar refractivity (Wildman–Crippen MR) is 119 cm³/mol. The molecule has 0 unspecified atom stereocenters. The van der Waals surface area contributed by atoms with Crippen molar-refractivity contribution < 1.29 is 9.59 Å². The van der Waals surface area contributed by atoms with Crippen molar-refractivity contribution in [2.45, 2.75) is 52.6 Å². The molecule has 2 heterocycles. The monoisotopic (exact) mass is 443 g/mol. The van der Waals surface area contributed by atoms with Crippen molar-refractivity contribution in [1.29, 1.82) is 0 Å². The Morgan fingerprint density at radius 1 is 1.06 bits per heavy atom. The van der Waals surface area contributed by atoms with Gasteiger partial charge in [-0.25, -0.2) is 4.68 Å². The third-order valence-corrected chi connectivity index (χ3v) is 5.79. The summed E-state index contributed by atoms with van der Waals surface area (Å²) in [5.41, 5.74) is 5.32. The Morgan fingerprint density at radius 3 is 2.48 bits per heavy atom. The van der Waals surface area contributed by atoms with Gasteiger partial charge in [-0.15, -0.1) is 0 Å². The van der Waals surface area contributed by atoms with Gasteiger partial charge in [0.15, 0.2) is 5.69 Å². The Morgan fingerprint density at radius 2 is 1.81 bits per heavy atom. The van der Waals surface area contributed by atoms with Crippen molar-refractivity contribution in [3.63, 3.8) is 0 Å². The van der Waals surface area contributed by atoms with E-state index in [2.05, 4.69) is 22.9 Å². The van der Waals surface area contributed by atoms with Crippen LogP contribution in [0.2, 0.25) is 0 Å². The molecule has 2 N–H and O–H groups in total. The van der Waals surface area contributed by atoms with Gasteiger partial charge >= 0.3 is 4.87 Å². The molecule has 0 aliphatic rings. The van der Waals surface area contributed by atoms with E-state index in [1.165, 1.54) is 9.25 Å². The molecule has 164 valence electrons. The highest BCUT2D eigenvalue weighted by molar-refractivity contribution is 7.07. The van der Waals surface area contributed by atoms with Crippen LogP contribution in [0.25, 0.3) is 10.8 Å². The number of nitrogens with zero attached hydrogens (tertiary/aromatic N) is 3. The minimum absolute atomic E-state index is 0.0302. The van der Waals surface area contributed by atoms with Crippen LogP contribution in [0, 0.1) is 6.92 Å². The summed E-state index contributed by atoms with van der Waals surface area (Å²) >= 11 is 1.08. The van der Waals surface area contributed by atoms with Crippen LogP contribution in [-0.2, 0) is 17.9 Å². The number of unbranched alkanes of at least 4 members (excludes halogenated alkanes) is 2. The van der Waals surface area contributed by atoms with Crippen molar-refractivity contribution in [1.82, 2.24) is 25.2 Å². The molecule has 2 amide bonds. The summed E-state index contributed by atoms with van der Waals surface area (Å²) in [6.45, 7) is 4.50. The quantitative estimate of drug-likeness (QED) is 0.408. The van der Waals surface area contributed by atoms with Crippen molar-refractivity contribution in [3.05, 3.63) is 61.1 Å². The normalized spacial score (nSPS) is 10.9. The molecule has 0 bridgehead atoms. The fourth-order valence-corrected chi connectivity index (χ4v) is 3.96. The number of aromatic nitrogens is 3. The molecular weight excluding hydrogens is 418 g/mol. The Bertz CT molecular complexity index is 1210. The van der Waals surface area contributed by atoms with Gasteiger partial charge in [0, 0.05) is 36.0 Å². The minimum Gasteiger partial charge on any atom is -0.303 e. The number of carbonyl (C=O) groups is 2. The summed E-state index contributed by atoms with van der Waals surface area (Å²) < 4.78 is 2.81. The Kier molecular flexibility index (Phi) is 7.35. The van der Waals surface area contributed by atoms with E-state index in [0.29, 0.717) is 17.3 Å². The summed E-state index contributed by atoms with van der Waals surface area (Å²) in [5.74, 6) is -1.05. The number of hydrogen-bond acceptors (Lipinski definition) is 6. The molecule has 0 fully saturated rings. The van der Waals surface area contributed by atoms with Gasteiger partial charge in [0.25, 0.3) is 11.5 Å². The molecule has 0 radical (unpaired) electrons. The molecule has 3 rings (SSSR count). The van der Waals surface area contributed by atoms with Gasteiger partial charge in [-0.2, -0.15) is 5.10 Å². The first-order valence-corrected chi connectivity index (χ1v) is 11.0. The topological polar surface area (TPSA) is 115 Å². The van der Waals surface area contributed by atoms with E-state index in [4.69, 9.17) is 0 Å². The van der Waals surface area contributed by atoms with Crippen molar-refractivity contribution >= 4 is 33.9 Å². The third-order valence-electron chi connectivity index (χ3n) is 4.91. The second-order valence-corrected chi connectivity index (χ2v) is 8.00. The summed E-state index contributed by atoms with van der Waals surface area (Å²) in [6, 6.07) is 6.77. The molecular formula is C21H25N5O4S. The number of benzene rings is 1. The van der Waals surface area contributed by atoms with Gasteiger partial charge in [0.05, 0.1) is 5.39 Å². The number of rotatable bonds is 8. The van der Waals surface area contributed by atoms with Crippen molar-refractivity contribution in [3.8, 4) is 0 Å². The van der Waals surface area contributed by atoms with Gasteiger partial charge in [0.1, 0.15) is 0 Å². The zero-order chi connectivity index (χ0) is 22.4. The van der Waals surface area contributed by atoms with Crippen LogP contribution in [0.3, 0.4) is 0 Å². The molecule has 0 saturated carbocycles. The van der Waals surface area contributed by atoms with E-state index in [-0.39, 0.29) is 29.1 Å². The summed E-state index contributed by atoms with van der Waals surface area (Å²) in [5, 5.41) is 6.81. The van der Waals surface area contributed by atoms with Crippen molar-refractivity contribution in [2.24, 2.45) is 0 Å². The predicted octanol–water partition coefficient (Wildman–Crippen LogP) is 1.97. The maximum Gasteiger partial charge on any atom is 0.307 e. The number of carbonyl (C=O) groups excluding carboxylic acids is 2. The molecule has 0 saturated heterocycles. The molecule has 3 aromatic rings. The zero-order valence-electron chi connectivity index (χ0n) is 17.5. The lowest BCUT2D eigenvalue weighted by molar-refractivity contribution is -0.122. The minimum atomic E-state index is -0.613. The van der Waals surface area contributed by atoms with E-state index in [1.807, 2.05) is 0 Å². The summed E-state index contributed by atoms with van der Waals surface area (Å²) in [6.07, 6.45) is 2.76. The number of nitrogens with one attached hydrogen (secondary N) is 2. The fourth-order valence-electron chi connectivity index (χ4n) is 3.20. The van der Waals surface area contributed by atoms with E-state index in [9.17, 15) is 19.2 Å². The molecule has 0 atom stereocenters. The van der Waals surface area contributed by atoms with Crippen molar-refractivity contribution in [2.75, 3.05) is 0 Å². The highest BCUT2D eigenvalue weighted by atomic mass is 32.1. The van der Waals surface area contributed by atoms with Crippen LogP contribution in [-0.4, -0.2) is 26.2 Å². The second kappa shape index (κ2) is 10.2. The zero-order valence-corrected chi connectivity index (χ0v) is 18.3. The van der Waals surface area contributed by atoms with Gasteiger partial charge in [0.2, 0.25) is 5.91 Å². The number of thiazole rings is 1. The lowest BCUT2D eigenvalue weighted by Crippen LogP contribution is -2.43. The highest BCUT2D eigenvalue weighted by Gasteiger charge is 2.17. The van der Waals surface area contributed by atoms with Crippen LogP contribution in [0.5, 0.6) is 0 Å². The first kappa shape index (κ1) is 22.4. The van der Waals surface area contributed by atoms with Gasteiger partial charge in [-0.1, -0.05) is 49.3 Å². The lowest BCUT2D eigenvalue weighted by Gasteiger charge is -2.12. The lowest BCUT2D eigenvalue weighted by atomic mass is 10.1. The first-order chi connectivity index (χ1) is 14.9. The van der Waals surface area contributed by atoms with E-state index < -0.39 is 11.8 Å². The first-order valence-electron chi connectivity index (χ1n) is 10.2. The Balaban J connectivity index is 1.72. The van der Waals surface area contributed by atoms with Crippen LogP contribution in [0.1, 0.15) is 48.8 Å². The van der Waals surface area contributed by atoms with Gasteiger partial charge in [-0.3, -0.25) is 30.0 Å². The molecule has 31 heavy (non-hydrogen) atoms. The van der Waals surface area contributed by atoms with E-state index >= 15 is 0 Å². The number of amides is 2. The number of fused-ring (bicyclic) bond motifs is 1. The average Bonchev–Trinajstić information content (AvgIpc) is 3.09. The third kappa shape index (κ3) is 5.26. The number of hydrazine groups is 1. The van der Waals surface area contributed by atoms with E-state index in [1.54, 1.807) is 36.6 Å².